The molecule has 1 rings (SSSR count). The smallest absolute Gasteiger partial charge is 0.265 e. The predicted octanol–water partition coefficient (Wildman–Crippen LogP) is 2.37. The average Bonchev–Trinajstić information content (AvgIpc) is 2.13. The third-order valence-corrected chi connectivity index (χ3v) is 4.31. The van der Waals surface area contributed by atoms with Gasteiger partial charge in [-0.2, -0.15) is 8.42 Å². The summed E-state index contributed by atoms with van der Waals surface area (Å²) < 4.78 is 29.7. The lowest BCUT2D eigenvalue weighted by molar-refractivity contribution is 0.108. The van der Waals surface area contributed by atoms with E-state index in [-0.39, 0.29) is 10.9 Å². The summed E-state index contributed by atoms with van der Waals surface area (Å²) in [5.74, 6) is -0.349. The van der Waals surface area contributed by atoms with Crippen LogP contribution in [0.5, 0.6) is 0 Å². The Kier molecular flexibility index (Phi) is 4.95. The van der Waals surface area contributed by atoms with Crippen molar-refractivity contribution >= 4 is 27.0 Å². The van der Waals surface area contributed by atoms with Gasteiger partial charge in [0, 0.05) is 11.3 Å². The third-order valence-electron chi connectivity index (χ3n) is 2.46. The molecule has 0 saturated heterocycles. The fourth-order valence-corrected chi connectivity index (χ4v) is 3.64. The first-order chi connectivity index (χ1) is 8.20. The van der Waals surface area contributed by atoms with Gasteiger partial charge in [0.25, 0.3) is 10.1 Å². The zero-order valence-corrected chi connectivity index (χ0v) is 12.2. The SMILES string of the molecule is Cc1cc(C)c(C(=O)SCCS(=O)(=O)O)c(C)c1. The maximum absolute atomic E-state index is 12.0. The molecule has 100 valence electrons. The highest BCUT2D eigenvalue weighted by Gasteiger charge is 2.14. The number of benzene rings is 1. The third kappa shape index (κ3) is 4.44. The van der Waals surface area contributed by atoms with Gasteiger partial charge in [-0.15, -0.1) is 0 Å². The molecule has 0 aliphatic heterocycles. The second kappa shape index (κ2) is 5.86. The van der Waals surface area contributed by atoms with Crippen molar-refractivity contribution in [2.24, 2.45) is 0 Å². The van der Waals surface area contributed by atoms with Crippen molar-refractivity contribution in [3.63, 3.8) is 0 Å². The van der Waals surface area contributed by atoms with Gasteiger partial charge >= 0.3 is 0 Å². The van der Waals surface area contributed by atoms with Crippen molar-refractivity contribution in [1.82, 2.24) is 0 Å². The minimum atomic E-state index is -4.00. The highest BCUT2D eigenvalue weighted by atomic mass is 32.2. The van der Waals surface area contributed by atoms with E-state index in [9.17, 15) is 13.2 Å². The summed E-state index contributed by atoms with van der Waals surface area (Å²) in [6.45, 7) is 5.67. The zero-order valence-electron chi connectivity index (χ0n) is 10.6. The van der Waals surface area contributed by atoms with Gasteiger partial charge < -0.3 is 0 Å². The van der Waals surface area contributed by atoms with Crippen LogP contribution in [0.1, 0.15) is 27.0 Å². The molecule has 1 N–H and O–H groups in total. The van der Waals surface area contributed by atoms with E-state index in [1.54, 1.807) is 0 Å². The van der Waals surface area contributed by atoms with Crippen molar-refractivity contribution in [1.29, 1.82) is 0 Å². The van der Waals surface area contributed by atoms with E-state index in [2.05, 4.69) is 0 Å². The lowest BCUT2D eigenvalue weighted by Crippen LogP contribution is -2.09. The lowest BCUT2D eigenvalue weighted by atomic mass is 10.0. The summed E-state index contributed by atoms with van der Waals surface area (Å²) in [6, 6.07) is 3.84. The fourth-order valence-electron chi connectivity index (χ4n) is 1.81. The topological polar surface area (TPSA) is 71.4 Å². The van der Waals surface area contributed by atoms with Gasteiger partial charge in [-0.3, -0.25) is 9.35 Å². The average molecular weight is 288 g/mol. The van der Waals surface area contributed by atoms with Crippen LogP contribution in [-0.2, 0) is 10.1 Å². The first-order valence-corrected chi connectivity index (χ1v) is 8.00. The van der Waals surface area contributed by atoms with E-state index in [0.29, 0.717) is 5.56 Å². The van der Waals surface area contributed by atoms with Gasteiger partial charge in [0.05, 0.1) is 5.75 Å². The molecule has 0 bridgehead atoms. The predicted molar refractivity (Wildman–Crippen MR) is 73.9 cm³/mol. The van der Waals surface area contributed by atoms with Gasteiger partial charge in [0.2, 0.25) is 5.12 Å². The second-order valence-electron chi connectivity index (χ2n) is 4.20. The van der Waals surface area contributed by atoms with Crippen molar-refractivity contribution in [2.75, 3.05) is 11.5 Å². The largest absolute Gasteiger partial charge is 0.286 e. The van der Waals surface area contributed by atoms with Crippen LogP contribution in [0.3, 0.4) is 0 Å². The summed E-state index contributed by atoms with van der Waals surface area (Å²) in [5.41, 5.74) is 3.49. The van der Waals surface area contributed by atoms with Crippen LogP contribution < -0.4 is 0 Å². The summed E-state index contributed by atoms with van der Waals surface area (Å²) in [7, 11) is -4.00. The molecule has 0 heterocycles. The molecule has 4 nitrogen and oxygen atoms in total. The number of hydrogen-bond acceptors (Lipinski definition) is 4. The molecule has 0 radical (unpaired) electrons. The molecule has 0 aromatic heterocycles. The second-order valence-corrected chi connectivity index (χ2v) is 6.84. The Hall–Kier alpha value is -0.850. The Morgan fingerprint density at radius 2 is 1.72 bits per heavy atom. The minimum absolute atomic E-state index is 0.0599. The van der Waals surface area contributed by atoms with Crippen molar-refractivity contribution < 1.29 is 17.8 Å². The molecular weight excluding hydrogens is 272 g/mol. The highest BCUT2D eigenvalue weighted by molar-refractivity contribution is 8.14. The number of carbonyl (C=O) groups excluding carboxylic acids is 1. The van der Waals surface area contributed by atoms with Crippen LogP contribution in [0.2, 0.25) is 0 Å². The van der Waals surface area contributed by atoms with E-state index in [0.717, 1.165) is 28.5 Å². The lowest BCUT2D eigenvalue weighted by Gasteiger charge is -2.09. The Balaban J connectivity index is 2.80. The van der Waals surface area contributed by atoms with Crippen LogP contribution in [0, 0.1) is 20.8 Å². The van der Waals surface area contributed by atoms with E-state index < -0.39 is 15.9 Å². The molecule has 0 aliphatic rings. The molecule has 0 fully saturated rings. The maximum atomic E-state index is 12.0. The molecule has 0 amide bonds. The standard InChI is InChI=1S/C12H16O4S2/c1-8-6-9(2)11(10(3)7-8)12(13)17-4-5-18(14,15)16/h6-7H,4-5H2,1-3H3,(H,14,15,16). The molecule has 0 unspecified atom stereocenters. The van der Waals surface area contributed by atoms with Crippen molar-refractivity contribution in [3.05, 3.63) is 34.4 Å². The van der Waals surface area contributed by atoms with Gasteiger partial charge in [0.15, 0.2) is 0 Å². The molecule has 1 aromatic rings. The maximum Gasteiger partial charge on any atom is 0.265 e. The summed E-state index contributed by atoms with van der Waals surface area (Å²) in [6.07, 6.45) is 0. The number of rotatable bonds is 4. The van der Waals surface area contributed by atoms with E-state index in [1.165, 1.54) is 0 Å². The summed E-state index contributed by atoms with van der Waals surface area (Å²) >= 11 is 0.913. The Bertz CT molecular complexity index is 538. The monoisotopic (exact) mass is 288 g/mol. The fraction of sp³-hybridized carbons (Fsp3) is 0.417. The van der Waals surface area contributed by atoms with Crippen molar-refractivity contribution in [3.8, 4) is 0 Å². The molecule has 1 aromatic carbocycles. The number of thioether (sulfide) groups is 1. The molecule has 6 heteroatoms. The zero-order chi connectivity index (χ0) is 13.9. The van der Waals surface area contributed by atoms with E-state index in [4.69, 9.17) is 4.55 Å². The first-order valence-electron chi connectivity index (χ1n) is 5.41. The van der Waals surface area contributed by atoms with Crippen LogP contribution in [0.25, 0.3) is 0 Å². The van der Waals surface area contributed by atoms with Crippen molar-refractivity contribution in [2.45, 2.75) is 20.8 Å². The van der Waals surface area contributed by atoms with Gasteiger partial charge in [0.1, 0.15) is 0 Å². The molecule has 0 saturated carbocycles. The van der Waals surface area contributed by atoms with Crippen LogP contribution in [0.4, 0.5) is 0 Å². The Labute approximate surface area is 112 Å². The minimum Gasteiger partial charge on any atom is -0.286 e. The van der Waals surface area contributed by atoms with Gasteiger partial charge in [-0.25, -0.2) is 0 Å². The Morgan fingerprint density at radius 1 is 1.22 bits per heavy atom. The normalized spacial score (nSPS) is 11.6. The van der Waals surface area contributed by atoms with Gasteiger partial charge in [-0.05, 0) is 31.9 Å². The molecule has 0 atom stereocenters. The number of carbonyl (C=O) groups is 1. The van der Waals surface area contributed by atoms with Crippen LogP contribution in [0.15, 0.2) is 12.1 Å². The van der Waals surface area contributed by atoms with Crippen LogP contribution >= 0.6 is 11.8 Å². The molecule has 0 aliphatic carbocycles. The van der Waals surface area contributed by atoms with E-state index >= 15 is 0 Å². The van der Waals surface area contributed by atoms with Crippen LogP contribution in [-0.4, -0.2) is 29.6 Å². The quantitative estimate of drug-likeness (QED) is 0.861. The first kappa shape index (κ1) is 15.2. The summed E-state index contributed by atoms with van der Waals surface area (Å²) in [4.78, 5) is 12.0. The summed E-state index contributed by atoms with van der Waals surface area (Å²) in [5, 5.41) is -0.159. The number of aryl methyl sites for hydroxylation is 3. The Morgan fingerprint density at radius 3 is 2.17 bits per heavy atom. The van der Waals surface area contributed by atoms with E-state index in [1.807, 2.05) is 32.9 Å². The molecular formula is C12H16O4S2. The highest BCUT2D eigenvalue weighted by Crippen LogP contribution is 2.22. The molecule has 0 spiro atoms. The number of hydrogen-bond donors (Lipinski definition) is 1. The van der Waals surface area contributed by atoms with Gasteiger partial charge in [-0.1, -0.05) is 29.5 Å². The molecule has 18 heavy (non-hydrogen) atoms.